The fourth-order valence-electron chi connectivity index (χ4n) is 5.48. The van der Waals surface area contributed by atoms with Crippen LogP contribution in [0.2, 0.25) is 0 Å². The van der Waals surface area contributed by atoms with Crippen LogP contribution in [0.15, 0.2) is 6.07 Å². The van der Waals surface area contributed by atoms with Gasteiger partial charge >= 0.3 is 0 Å². The maximum atomic E-state index is 13.8. The lowest BCUT2D eigenvalue weighted by Crippen LogP contribution is -2.46. The number of hydrogen-bond donors (Lipinski definition) is 2. The van der Waals surface area contributed by atoms with E-state index < -0.39 is 18.6 Å². The first-order valence-corrected chi connectivity index (χ1v) is 12.3. The minimum atomic E-state index is -0.541. The molecule has 0 fully saturated rings. The number of aliphatic hydroxyl groups excluding tert-OH is 1. The summed E-state index contributed by atoms with van der Waals surface area (Å²) in [5.41, 5.74) is 3.31. The maximum absolute atomic E-state index is 13.8. The normalized spacial score (nSPS) is 15.8. The van der Waals surface area contributed by atoms with E-state index in [-0.39, 0.29) is 30.4 Å². The number of fused-ring (bicyclic) bond motifs is 1. The van der Waals surface area contributed by atoms with Crippen LogP contribution in [0, 0.1) is 19.8 Å². The molecule has 2 atom stereocenters. The van der Waals surface area contributed by atoms with Gasteiger partial charge in [-0.3, -0.25) is 9.59 Å². The highest BCUT2D eigenvalue weighted by Crippen LogP contribution is 2.50. The summed E-state index contributed by atoms with van der Waals surface area (Å²) in [6.45, 7) is 6.82. The molecule has 9 nitrogen and oxygen atoms in total. The first-order valence-electron chi connectivity index (χ1n) is 12.3. The number of aliphatic hydroxyl groups is 1. The molecule has 37 heavy (non-hydrogen) atoms. The van der Waals surface area contributed by atoms with Crippen molar-refractivity contribution in [3.8, 4) is 28.7 Å². The SMILES string of the molecule is CC[C@H]1c2c(OC)c(OC)c(C)c(OC)c2C(=O)CN1C(=O)[C@@H](C)Cc1cc(C)c(OC)c(O)c1CO. The smallest absolute Gasteiger partial charge is 0.226 e. The highest BCUT2D eigenvalue weighted by Gasteiger charge is 2.42. The minimum Gasteiger partial charge on any atom is -0.504 e. The predicted molar refractivity (Wildman–Crippen MR) is 138 cm³/mol. The monoisotopic (exact) mass is 515 g/mol. The number of ether oxygens (including phenoxy) is 4. The number of aryl methyl sites for hydroxylation is 1. The van der Waals surface area contributed by atoms with Gasteiger partial charge in [0, 0.05) is 22.6 Å². The van der Waals surface area contributed by atoms with Gasteiger partial charge in [-0.1, -0.05) is 19.9 Å². The van der Waals surface area contributed by atoms with Crippen molar-refractivity contribution < 1.29 is 38.7 Å². The van der Waals surface area contributed by atoms with Gasteiger partial charge < -0.3 is 34.1 Å². The number of nitrogens with zero attached hydrogens (tertiary/aromatic N) is 1. The fourth-order valence-corrected chi connectivity index (χ4v) is 5.48. The highest BCUT2D eigenvalue weighted by molar-refractivity contribution is 6.06. The molecule has 1 amide bonds. The topological polar surface area (TPSA) is 115 Å². The standard InChI is InChI=1S/C28H37NO8/c1-9-19-21-22(25(35-6)16(4)26(36-7)27(21)37-8)20(31)12-29(19)28(33)15(3)11-17-10-14(2)24(34-5)23(32)18(17)13-30/h10,15,19,30,32H,9,11-13H2,1-8H3/t15-,19-/m0/s1. The zero-order valence-electron chi connectivity index (χ0n) is 22.9. The van der Waals surface area contributed by atoms with Gasteiger partial charge in [0.2, 0.25) is 5.91 Å². The highest BCUT2D eigenvalue weighted by atomic mass is 16.5. The number of ketones is 1. The van der Waals surface area contributed by atoms with E-state index in [1.807, 2.05) is 13.0 Å². The van der Waals surface area contributed by atoms with E-state index in [9.17, 15) is 19.8 Å². The largest absolute Gasteiger partial charge is 0.504 e. The van der Waals surface area contributed by atoms with E-state index in [1.54, 1.807) is 25.7 Å². The Hall–Kier alpha value is -3.46. The molecule has 0 bridgehead atoms. The second-order valence-electron chi connectivity index (χ2n) is 9.30. The van der Waals surface area contributed by atoms with Crippen molar-refractivity contribution in [1.29, 1.82) is 0 Å². The minimum absolute atomic E-state index is 0.0975. The molecule has 2 aromatic rings. The zero-order valence-corrected chi connectivity index (χ0v) is 22.9. The third-order valence-corrected chi connectivity index (χ3v) is 7.16. The molecule has 0 radical (unpaired) electrons. The molecular weight excluding hydrogens is 478 g/mol. The quantitative estimate of drug-likeness (QED) is 0.517. The summed E-state index contributed by atoms with van der Waals surface area (Å²) in [5, 5.41) is 20.5. The van der Waals surface area contributed by atoms with Crippen molar-refractivity contribution in [2.24, 2.45) is 5.92 Å². The van der Waals surface area contributed by atoms with Crippen LogP contribution < -0.4 is 18.9 Å². The van der Waals surface area contributed by atoms with Crippen molar-refractivity contribution in [1.82, 2.24) is 4.90 Å². The zero-order chi connectivity index (χ0) is 27.6. The molecule has 0 unspecified atom stereocenters. The molecule has 2 N–H and O–H groups in total. The van der Waals surface area contributed by atoms with Crippen LogP contribution in [0.3, 0.4) is 0 Å². The number of benzene rings is 2. The van der Waals surface area contributed by atoms with Crippen LogP contribution in [0.1, 0.15) is 64.5 Å². The van der Waals surface area contributed by atoms with Crippen LogP contribution in [0.25, 0.3) is 0 Å². The summed E-state index contributed by atoms with van der Waals surface area (Å²) in [6, 6.07) is 1.37. The number of aromatic hydroxyl groups is 1. The maximum Gasteiger partial charge on any atom is 0.226 e. The van der Waals surface area contributed by atoms with Crippen LogP contribution in [-0.2, 0) is 17.8 Å². The molecule has 0 aromatic heterocycles. The van der Waals surface area contributed by atoms with Gasteiger partial charge in [0.25, 0.3) is 0 Å². The molecular formula is C28H37NO8. The van der Waals surface area contributed by atoms with Gasteiger partial charge in [0.1, 0.15) is 5.75 Å². The van der Waals surface area contributed by atoms with Crippen molar-refractivity contribution in [2.45, 2.75) is 53.2 Å². The molecule has 0 aliphatic carbocycles. The Morgan fingerprint density at radius 1 is 1.05 bits per heavy atom. The van der Waals surface area contributed by atoms with Gasteiger partial charge in [-0.05, 0) is 37.8 Å². The molecule has 0 spiro atoms. The molecule has 0 saturated carbocycles. The molecule has 1 heterocycles. The summed E-state index contributed by atoms with van der Waals surface area (Å²) in [7, 11) is 6.00. The molecule has 9 heteroatoms. The Balaban J connectivity index is 2.06. The Morgan fingerprint density at radius 3 is 2.16 bits per heavy atom. The molecule has 1 aliphatic heterocycles. The van der Waals surface area contributed by atoms with Gasteiger partial charge in [-0.15, -0.1) is 0 Å². The Labute approximate surface area is 217 Å². The molecule has 0 saturated heterocycles. The number of Topliss-reactive ketones (excluding diaryl/α,β-unsaturated/α-hetero) is 1. The Kier molecular flexibility index (Phi) is 8.58. The van der Waals surface area contributed by atoms with Gasteiger partial charge in [0.05, 0.1) is 53.2 Å². The number of hydrogen-bond acceptors (Lipinski definition) is 8. The van der Waals surface area contributed by atoms with E-state index in [1.165, 1.54) is 28.4 Å². The van der Waals surface area contributed by atoms with Gasteiger partial charge in [-0.2, -0.15) is 0 Å². The average molecular weight is 516 g/mol. The van der Waals surface area contributed by atoms with Crippen molar-refractivity contribution in [3.63, 3.8) is 0 Å². The van der Waals surface area contributed by atoms with E-state index in [0.717, 1.165) is 0 Å². The predicted octanol–water partition coefficient (Wildman–Crippen LogP) is 3.89. The first kappa shape index (κ1) is 28.1. The third kappa shape index (κ3) is 4.68. The average Bonchev–Trinajstić information content (AvgIpc) is 2.87. The van der Waals surface area contributed by atoms with Crippen LogP contribution in [0.4, 0.5) is 0 Å². The lowest BCUT2D eigenvalue weighted by molar-refractivity contribution is -0.137. The van der Waals surface area contributed by atoms with E-state index in [0.29, 0.717) is 62.8 Å². The van der Waals surface area contributed by atoms with Crippen molar-refractivity contribution in [3.05, 3.63) is 39.4 Å². The van der Waals surface area contributed by atoms with E-state index >= 15 is 0 Å². The van der Waals surface area contributed by atoms with E-state index in [4.69, 9.17) is 18.9 Å². The van der Waals surface area contributed by atoms with Gasteiger partial charge in [0.15, 0.2) is 28.8 Å². The number of rotatable bonds is 9. The number of methoxy groups -OCH3 is 4. The summed E-state index contributed by atoms with van der Waals surface area (Å²) < 4.78 is 22.2. The second kappa shape index (κ2) is 11.3. The molecule has 202 valence electrons. The van der Waals surface area contributed by atoms with Crippen LogP contribution >= 0.6 is 0 Å². The van der Waals surface area contributed by atoms with E-state index in [2.05, 4.69) is 0 Å². The van der Waals surface area contributed by atoms with Crippen LogP contribution in [0.5, 0.6) is 28.7 Å². The second-order valence-corrected chi connectivity index (χ2v) is 9.30. The fraction of sp³-hybridized carbons (Fsp3) is 0.500. The first-order chi connectivity index (χ1) is 17.6. The van der Waals surface area contributed by atoms with Gasteiger partial charge in [-0.25, -0.2) is 0 Å². The third-order valence-electron chi connectivity index (χ3n) is 7.16. The molecule has 1 aliphatic rings. The number of carbonyl (C=O) groups excluding carboxylic acids is 2. The number of phenols is 1. The van der Waals surface area contributed by atoms with Crippen LogP contribution in [-0.4, -0.2) is 61.8 Å². The lowest BCUT2D eigenvalue weighted by atomic mass is 9.85. The molecule has 3 rings (SSSR count). The molecule has 2 aromatic carbocycles. The summed E-state index contributed by atoms with van der Waals surface area (Å²) in [5.74, 6) is 0.462. The summed E-state index contributed by atoms with van der Waals surface area (Å²) >= 11 is 0. The lowest BCUT2D eigenvalue weighted by Gasteiger charge is -2.39. The Morgan fingerprint density at radius 2 is 1.65 bits per heavy atom. The summed E-state index contributed by atoms with van der Waals surface area (Å²) in [4.78, 5) is 28.9. The Bertz CT molecular complexity index is 1210. The number of amides is 1. The number of carbonyl (C=O) groups is 2. The summed E-state index contributed by atoms with van der Waals surface area (Å²) in [6.07, 6.45) is 0.799. The van der Waals surface area contributed by atoms with Crippen molar-refractivity contribution in [2.75, 3.05) is 35.0 Å². The van der Waals surface area contributed by atoms with Crippen molar-refractivity contribution >= 4 is 11.7 Å².